The molecule has 2 rings (SSSR count). The van der Waals surface area contributed by atoms with Crippen LogP contribution in [0.2, 0.25) is 0 Å². The van der Waals surface area contributed by atoms with Crippen LogP contribution < -0.4 is 5.73 Å². The molecule has 0 saturated carbocycles. The standard InChI is InChI=1S/C11H13N3/c1-14-6-9-4-8(5-12)2-3-10(9)11(13)7-14/h2-4,11H,6-7,13H2,1H3. The zero-order valence-corrected chi connectivity index (χ0v) is 8.20. The van der Waals surface area contributed by atoms with Gasteiger partial charge in [0.25, 0.3) is 0 Å². The molecule has 0 bridgehead atoms. The summed E-state index contributed by atoms with van der Waals surface area (Å²) in [6.07, 6.45) is 0. The Morgan fingerprint density at radius 1 is 1.57 bits per heavy atom. The molecule has 0 aromatic heterocycles. The fourth-order valence-corrected chi connectivity index (χ4v) is 1.96. The highest BCUT2D eigenvalue weighted by atomic mass is 15.1. The van der Waals surface area contributed by atoms with Gasteiger partial charge in [0.1, 0.15) is 0 Å². The van der Waals surface area contributed by atoms with Crippen LogP contribution in [-0.4, -0.2) is 18.5 Å². The molecule has 1 heterocycles. The van der Waals surface area contributed by atoms with Crippen LogP contribution in [0.25, 0.3) is 0 Å². The third-order valence-corrected chi connectivity index (χ3v) is 2.62. The van der Waals surface area contributed by atoms with E-state index < -0.39 is 0 Å². The number of fused-ring (bicyclic) bond motifs is 1. The molecule has 1 aliphatic rings. The van der Waals surface area contributed by atoms with Crippen molar-refractivity contribution in [3.8, 4) is 6.07 Å². The lowest BCUT2D eigenvalue weighted by molar-refractivity contribution is 0.283. The van der Waals surface area contributed by atoms with E-state index in [2.05, 4.69) is 11.0 Å². The van der Waals surface area contributed by atoms with Gasteiger partial charge in [-0.2, -0.15) is 5.26 Å². The van der Waals surface area contributed by atoms with E-state index in [9.17, 15) is 0 Å². The summed E-state index contributed by atoms with van der Waals surface area (Å²) >= 11 is 0. The van der Waals surface area contributed by atoms with Crippen molar-refractivity contribution in [3.05, 3.63) is 34.9 Å². The first kappa shape index (κ1) is 9.20. The minimum atomic E-state index is 0.0801. The van der Waals surface area contributed by atoms with Crippen molar-refractivity contribution in [1.29, 1.82) is 5.26 Å². The molecule has 0 fully saturated rings. The van der Waals surface area contributed by atoms with Crippen molar-refractivity contribution in [2.24, 2.45) is 5.73 Å². The van der Waals surface area contributed by atoms with Crippen LogP contribution >= 0.6 is 0 Å². The molecule has 0 spiro atoms. The van der Waals surface area contributed by atoms with E-state index in [1.165, 1.54) is 11.1 Å². The second kappa shape index (κ2) is 3.41. The minimum absolute atomic E-state index is 0.0801. The van der Waals surface area contributed by atoms with Crippen LogP contribution in [0.4, 0.5) is 0 Å². The Balaban J connectivity index is 2.45. The third-order valence-electron chi connectivity index (χ3n) is 2.62. The van der Waals surface area contributed by atoms with Crippen LogP contribution in [0.1, 0.15) is 22.7 Å². The fourth-order valence-electron chi connectivity index (χ4n) is 1.96. The van der Waals surface area contributed by atoms with Gasteiger partial charge < -0.3 is 10.6 Å². The SMILES string of the molecule is CN1Cc2cc(C#N)ccc2C(N)C1. The molecule has 0 amide bonds. The van der Waals surface area contributed by atoms with Crippen molar-refractivity contribution < 1.29 is 0 Å². The Labute approximate surface area is 83.7 Å². The normalized spacial score (nSPS) is 21.4. The van der Waals surface area contributed by atoms with Crippen molar-refractivity contribution >= 4 is 0 Å². The van der Waals surface area contributed by atoms with Crippen LogP contribution in [0.5, 0.6) is 0 Å². The largest absolute Gasteiger partial charge is 0.323 e. The van der Waals surface area contributed by atoms with Gasteiger partial charge in [0, 0.05) is 19.1 Å². The molecule has 1 atom stereocenters. The van der Waals surface area contributed by atoms with E-state index in [0.29, 0.717) is 5.56 Å². The number of hydrogen-bond acceptors (Lipinski definition) is 3. The molecular formula is C11H13N3. The number of nitriles is 1. The summed E-state index contributed by atoms with van der Waals surface area (Å²) in [7, 11) is 2.04. The summed E-state index contributed by atoms with van der Waals surface area (Å²) in [5, 5.41) is 8.78. The molecule has 0 aliphatic carbocycles. The zero-order valence-electron chi connectivity index (χ0n) is 8.20. The van der Waals surface area contributed by atoms with Gasteiger partial charge in [-0.3, -0.25) is 0 Å². The molecule has 2 N–H and O–H groups in total. The molecule has 1 unspecified atom stereocenters. The maximum absolute atomic E-state index is 8.78. The Morgan fingerprint density at radius 3 is 3.07 bits per heavy atom. The molecular weight excluding hydrogens is 174 g/mol. The maximum Gasteiger partial charge on any atom is 0.0991 e. The first-order chi connectivity index (χ1) is 6.70. The lowest BCUT2D eigenvalue weighted by Crippen LogP contribution is -2.34. The Hall–Kier alpha value is -1.37. The van der Waals surface area contributed by atoms with Crippen molar-refractivity contribution in [1.82, 2.24) is 4.90 Å². The van der Waals surface area contributed by atoms with Gasteiger partial charge in [-0.15, -0.1) is 0 Å². The molecule has 14 heavy (non-hydrogen) atoms. The Bertz CT molecular complexity index is 392. The fraction of sp³-hybridized carbons (Fsp3) is 0.364. The number of nitrogens with zero attached hydrogens (tertiary/aromatic N) is 2. The van der Waals surface area contributed by atoms with Gasteiger partial charge in [0.05, 0.1) is 11.6 Å². The first-order valence-corrected chi connectivity index (χ1v) is 4.68. The van der Waals surface area contributed by atoms with Crippen LogP contribution in [0.15, 0.2) is 18.2 Å². The minimum Gasteiger partial charge on any atom is -0.323 e. The highest BCUT2D eigenvalue weighted by Gasteiger charge is 2.19. The van der Waals surface area contributed by atoms with Gasteiger partial charge in [-0.05, 0) is 30.3 Å². The predicted octanol–water partition coefficient (Wildman–Crippen LogP) is 1.00. The van der Waals surface area contributed by atoms with Crippen molar-refractivity contribution in [2.45, 2.75) is 12.6 Å². The van der Waals surface area contributed by atoms with E-state index in [1.807, 2.05) is 25.2 Å². The van der Waals surface area contributed by atoms with Gasteiger partial charge in [0.2, 0.25) is 0 Å². The van der Waals surface area contributed by atoms with Gasteiger partial charge in [-0.25, -0.2) is 0 Å². The predicted molar refractivity (Wildman–Crippen MR) is 54.4 cm³/mol. The maximum atomic E-state index is 8.78. The van der Waals surface area contributed by atoms with Crippen LogP contribution in [-0.2, 0) is 6.54 Å². The molecule has 0 radical (unpaired) electrons. The van der Waals surface area contributed by atoms with E-state index in [-0.39, 0.29) is 6.04 Å². The summed E-state index contributed by atoms with van der Waals surface area (Å²) < 4.78 is 0. The van der Waals surface area contributed by atoms with Gasteiger partial charge in [-0.1, -0.05) is 6.07 Å². The summed E-state index contributed by atoms with van der Waals surface area (Å²) in [5.41, 5.74) is 9.09. The van der Waals surface area contributed by atoms with E-state index >= 15 is 0 Å². The zero-order chi connectivity index (χ0) is 10.1. The molecule has 1 aliphatic heterocycles. The molecule has 72 valence electrons. The van der Waals surface area contributed by atoms with Gasteiger partial charge >= 0.3 is 0 Å². The first-order valence-electron chi connectivity index (χ1n) is 4.68. The van der Waals surface area contributed by atoms with Gasteiger partial charge in [0.15, 0.2) is 0 Å². The Kier molecular flexibility index (Phi) is 2.24. The highest BCUT2D eigenvalue weighted by molar-refractivity contribution is 5.40. The second-order valence-electron chi connectivity index (χ2n) is 3.83. The van der Waals surface area contributed by atoms with Crippen LogP contribution in [0.3, 0.4) is 0 Å². The summed E-state index contributed by atoms with van der Waals surface area (Å²) in [6, 6.07) is 7.98. The molecule has 0 saturated heterocycles. The quantitative estimate of drug-likeness (QED) is 0.659. The number of hydrogen-bond donors (Lipinski definition) is 1. The topological polar surface area (TPSA) is 53.0 Å². The number of rotatable bonds is 0. The molecule has 1 aromatic carbocycles. The summed E-state index contributed by atoms with van der Waals surface area (Å²) in [4.78, 5) is 2.17. The number of likely N-dealkylation sites (N-methyl/N-ethyl adjacent to an activating group) is 1. The molecule has 1 aromatic rings. The highest BCUT2D eigenvalue weighted by Crippen LogP contribution is 2.24. The average Bonchev–Trinajstić information content (AvgIpc) is 2.16. The third kappa shape index (κ3) is 1.50. The number of benzene rings is 1. The van der Waals surface area contributed by atoms with E-state index in [4.69, 9.17) is 11.0 Å². The molecule has 3 heteroatoms. The summed E-state index contributed by atoms with van der Waals surface area (Å²) in [6.45, 7) is 1.78. The van der Waals surface area contributed by atoms with Crippen molar-refractivity contribution in [2.75, 3.05) is 13.6 Å². The monoisotopic (exact) mass is 187 g/mol. The van der Waals surface area contributed by atoms with E-state index in [1.54, 1.807) is 0 Å². The number of nitrogens with two attached hydrogens (primary N) is 1. The Morgan fingerprint density at radius 2 is 2.36 bits per heavy atom. The lowest BCUT2D eigenvalue weighted by atomic mass is 9.95. The lowest BCUT2D eigenvalue weighted by Gasteiger charge is -2.29. The van der Waals surface area contributed by atoms with Crippen molar-refractivity contribution in [3.63, 3.8) is 0 Å². The van der Waals surface area contributed by atoms with Crippen LogP contribution in [0, 0.1) is 11.3 Å². The summed E-state index contributed by atoms with van der Waals surface area (Å²) in [5.74, 6) is 0. The molecule has 3 nitrogen and oxygen atoms in total. The average molecular weight is 187 g/mol. The smallest absolute Gasteiger partial charge is 0.0991 e. The second-order valence-corrected chi connectivity index (χ2v) is 3.83. The van der Waals surface area contributed by atoms with E-state index in [0.717, 1.165) is 13.1 Å².